The van der Waals surface area contributed by atoms with Gasteiger partial charge in [-0.15, -0.1) is 5.10 Å². The number of nitrogens with two attached hydrogens (primary N) is 1. The van der Waals surface area contributed by atoms with Crippen molar-refractivity contribution in [2.45, 2.75) is 5.92 Å². The topological polar surface area (TPSA) is 80.9 Å². The normalized spacial score (nSPS) is 11.4. The van der Waals surface area contributed by atoms with Gasteiger partial charge in [0.05, 0.1) is 19.3 Å². The van der Waals surface area contributed by atoms with Crippen molar-refractivity contribution in [3.63, 3.8) is 0 Å². The van der Waals surface area contributed by atoms with E-state index in [0.717, 1.165) is 11.5 Å². The van der Waals surface area contributed by atoms with Gasteiger partial charge in [0.1, 0.15) is 4.88 Å². The van der Waals surface area contributed by atoms with Gasteiger partial charge in [-0.25, -0.2) is 8.78 Å². The molecule has 0 aliphatic rings. The summed E-state index contributed by atoms with van der Waals surface area (Å²) >= 11 is 0.840. The maximum absolute atomic E-state index is 12.6. The minimum Gasteiger partial charge on any atom is -0.345 e. The van der Waals surface area contributed by atoms with Gasteiger partial charge < -0.3 is 11.1 Å². The third-order valence-electron chi connectivity index (χ3n) is 1.39. The molecule has 0 unspecified atom stereocenters. The Morgan fingerprint density at radius 3 is 2.93 bits per heavy atom. The lowest BCUT2D eigenvalue weighted by Crippen LogP contribution is -2.41. The highest BCUT2D eigenvalue weighted by Gasteiger charge is 2.27. The Hall–Kier alpha value is -1.15. The standard InChI is InChI=1S/C6H8F2N4OS/c7-6(8,2-9)3-10-5(13)4-1-11-12-14-4/h1H,2-3,9H2,(H,10,13). The highest BCUT2D eigenvalue weighted by molar-refractivity contribution is 7.07. The molecule has 0 saturated heterocycles. The van der Waals surface area contributed by atoms with Crippen molar-refractivity contribution in [2.75, 3.05) is 13.1 Å². The average Bonchev–Trinajstić information content (AvgIpc) is 2.67. The summed E-state index contributed by atoms with van der Waals surface area (Å²) in [5, 5.41) is 5.44. The van der Waals surface area contributed by atoms with Gasteiger partial charge in [-0.2, -0.15) is 0 Å². The number of aromatic nitrogens is 2. The first-order valence-corrected chi connectivity index (χ1v) is 4.46. The van der Waals surface area contributed by atoms with Gasteiger partial charge in [0, 0.05) is 0 Å². The van der Waals surface area contributed by atoms with E-state index >= 15 is 0 Å². The molecule has 3 N–H and O–H groups in total. The maximum Gasteiger partial charge on any atom is 0.277 e. The van der Waals surface area contributed by atoms with Gasteiger partial charge >= 0.3 is 0 Å². The number of nitrogens with zero attached hydrogens (tertiary/aromatic N) is 2. The number of alkyl halides is 2. The summed E-state index contributed by atoms with van der Waals surface area (Å²) in [5.41, 5.74) is 4.79. The molecule has 0 aliphatic carbocycles. The third kappa shape index (κ3) is 2.96. The van der Waals surface area contributed by atoms with Gasteiger partial charge in [0.2, 0.25) is 0 Å². The van der Waals surface area contributed by atoms with Crippen molar-refractivity contribution < 1.29 is 13.6 Å². The predicted molar refractivity (Wildman–Crippen MR) is 46.2 cm³/mol. The van der Waals surface area contributed by atoms with Gasteiger partial charge in [0.25, 0.3) is 11.8 Å². The summed E-state index contributed by atoms with van der Waals surface area (Å²) < 4.78 is 28.6. The van der Waals surface area contributed by atoms with E-state index in [1.807, 2.05) is 5.32 Å². The Bertz CT molecular complexity index is 303. The fourth-order valence-corrected chi connectivity index (χ4v) is 1.07. The van der Waals surface area contributed by atoms with Gasteiger partial charge in [-0.1, -0.05) is 4.49 Å². The SMILES string of the molecule is NCC(F)(F)CNC(=O)c1cnns1. The van der Waals surface area contributed by atoms with E-state index in [9.17, 15) is 13.6 Å². The first-order chi connectivity index (χ1) is 6.55. The first-order valence-electron chi connectivity index (χ1n) is 3.68. The Balaban J connectivity index is 2.43. The van der Waals surface area contributed by atoms with Crippen molar-refractivity contribution in [1.29, 1.82) is 0 Å². The first kappa shape index (κ1) is 10.9. The van der Waals surface area contributed by atoms with Gasteiger partial charge in [0.15, 0.2) is 0 Å². The monoisotopic (exact) mass is 222 g/mol. The fourth-order valence-electron chi connectivity index (χ4n) is 0.636. The number of nitrogens with one attached hydrogen (secondary N) is 1. The van der Waals surface area contributed by atoms with Crippen LogP contribution in [-0.4, -0.2) is 34.5 Å². The minimum atomic E-state index is -3.08. The molecule has 0 bridgehead atoms. The second-order valence-corrected chi connectivity index (χ2v) is 3.31. The van der Waals surface area contributed by atoms with E-state index < -0.39 is 24.9 Å². The quantitative estimate of drug-likeness (QED) is 0.743. The molecule has 8 heteroatoms. The molecule has 5 nitrogen and oxygen atoms in total. The van der Waals surface area contributed by atoms with Crippen molar-refractivity contribution in [3.05, 3.63) is 11.1 Å². The zero-order valence-corrected chi connectivity index (χ0v) is 7.85. The summed E-state index contributed by atoms with van der Waals surface area (Å²) in [6.07, 6.45) is 1.21. The predicted octanol–water partition coefficient (Wildman–Crippen LogP) is -0.138. The van der Waals surface area contributed by atoms with Crippen molar-refractivity contribution >= 4 is 17.4 Å². The lowest BCUT2D eigenvalue weighted by molar-refractivity contribution is 0.0119. The largest absolute Gasteiger partial charge is 0.345 e. The van der Waals surface area contributed by atoms with Gasteiger partial charge in [-0.3, -0.25) is 4.79 Å². The highest BCUT2D eigenvalue weighted by atomic mass is 32.1. The van der Waals surface area contributed by atoms with Gasteiger partial charge in [-0.05, 0) is 11.5 Å². The second kappa shape index (κ2) is 4.38. The van der Waals surface area contributed by atoms with Crippen LogP contribution in [0.1, 0.15) is 9.67 Å². The van der Waals surface area contributed by atoms with Crippen LogP contribution in [0.15, 0.2) is 6.20 Å². The average molecular weight is 222 g/mol. The smallest absolute Gasteiger partial charge is 0.277 e. The number of halogens is 2. The molecule has 78 valence electrons. The fraction of sp³-hybridized carbons (Fsp3) is 0.500. The summed E-state index contributed by atoms with van der Waals surface area (Å²) in [6.45, 7) is -1.57. The zero-order valence-electron chi connectivity index (χ0n) is 7.04. The van der Waals surface area contributed by atoms with E-state index in [1.54, 1.807) is 0 Å². The van der Waals surface area contributed by atoms with Crippen LogP contribution in [0, 0.1) is 0 Å². The summed E-state index contributed by atoms with van der Waals surface area (Å²) in [4.78, 5) is 11.3. The highest BCUT2D eigenvalue weighted by Crippen LogP contribution is 2.09. The van der Waals surface area contributed by atoms with Crippen LogP contribution in [0.4, 0.5) is 8.78 Å². The second-order valence-electron chi connectivity index (χ2n) is 2.52. The Morgan fingerprint density at radius 2 is 2.43 bits per heavy atom. The van der Waals surface area contributed by atoms with Crippen LogP contribution in [0.5, 0.6) is 0 Å². The molecule has 1 rings (SSSR count). The molecular formula is C6H8F2N4OS. The lowest BCUT2D eigenvalue weighted by Gasteiger charge is -2.13. The van der Waals surface area contributed by atoms with Crippen LogP contribution in [0.25, 0.3) is 0 Å². The lowest BCUT2D eigenvalue weighted by atomic mass is 10.3. The van der Waals surface area contributed by atoms with E-state index in [2.05, 4.69) is 9.59 Å². The molecule has 1 aromatic rings. The Labute approximate surface area is 82.5 Å². The number of hydrogen-bond acceptors (Lipinski definition) is 5. The number of carbonyl (C=O) groups excluding carboxylic acids is 1. The molecule has 1 amide bonds. The number of carbonyl (C=O) groups is 1. The number of amides is 1. The van der Waals surface area contributed by atoms with Crippen molar-refractivity contribution in [1.82, 2.24) is 14.9 Å². The Morgan fingerprint density at radius 1 is 1.71 bits per heavy atom. The van der Waals surface area contributed by atoms with Crippen LogP contribution < -0.4 is 11.1 Å². The summed E-state index contributed by atoms with van der Waals surface area (Å²) in [5.74, 6) is -3.69. The number of hydrogen-bond donors (Lipinski definition) is 2. The molecular weight excluding hydrogens is 214 g/mol. The molecule has 0 saturated carbocycles. The molecule has 0 aliphatic heterocycles. The molecule has 14 heavy (non-hydrogen) atoms. The van der Waals surface area contributed by atoms with E-state index in [0.29, 0.717) is 0 Å². The molecule has 1 aromatic heterocycles. The molecule has 0 radical (unpaired) electrons. The molecule has 1 heterocycles. The number of rotatable bonds is 4. The van der Waals surface area contributed by atoms with E-state index in [1.165, 1.54) is 6.20 Å². The Kier molecular flexibility index (Phi) is 3.42. The minimum absolute atomic E-state index is 0.192. The summed E-state index contributed by atoms with van der Waals surface area (Å²) in [7, 11) is 0. The van der Waals surface area contributed by atoms with Crippen LogP contribution in [-0.2, 0) is 0 Å². The molecule has 0 fully saturated rings. The van der Waals surface area contributed by atoms with Crippen LogP contribution in [0.3, 0.4) is 0 Å². The third-order valence-corrected chi connectivity index (χ3v) is 2.05. The van der Waals surface area contributed by atoms with Crippen molar-refractivity contribution in [3.8, 4) is 0 Å². The van der Waals surface area contributed by atoms with Crippen LogP contribution in [0.2, 0.25) is 0 Å². The molecule has 0 atom stereocenters. The van der Waals surface area contributed by atoms with Crippen molar-refractivity contribution in [2.24, 2.45) is 5.73 Å². The summed E-state index contributed by atoms with van der Waals surface area (Å²) in [6, 6.07) is 0. The van der Waals surface area contributed by atoms with Crippen LogP contribution >= 0.6 is 11.5 Å². The van der Waals surface area contributed by atoms with E-state index in [-0.39, 0.29) is 4.88 Å². The molecule has 0 spiro atoms. The zero-order chi connectivity index (χ0) is 10.6. The maximum atomic E-state index is 12.6. The van der Waals surface area contributed by atoms with E-state index in [4.69, 9.17) is 5.73 Å². The molecule has 0 aromatic carbocycles.